The topological polar surface area (TPSA) is 33.5 Å². The van der Waals surface area contributed by atoms with Crippen LogP contribution in [0.1, 0.15) is 103 Å². The minimum Gasteiger partial charge on any atom is -0.509 e. The van der Waals surface area contributed by atoms with Crippen LogP contribution in [-0.2, 0) is 42.7 Å². The van der Waals surface area contributed by atoms with Crippen LogP contribution in [0.15, 0.2) is 170 Å². The molecule has 6 heteroatoms. The van der Waals surface area contributed by atoms with Crippen LogP contribution in [0.4, 0.5) is 22.7 Å². The van der Waals surface area contributed by atoms with E-state index in [2.05, 4.69) is 260 Å². The molecule has 1 aliphatic rings. The predicted octanol–water partition coefficient (Wildman–Crippen LogP) is 16.2. The fraction of sp³-hybridized carbons (Fsp3) is 0.226. The van der Waals surface area contributed by atoms with Gasteiger partial charge < -0.3 is 19.1 Å². The average molecular weight is 1070 g/mol. The van der Waals surface area contributed by atoms with Gasteiger partial charge in [-0.1, -0.05) is 172 Å². The number of benzene rings is 7. The molecule has 346 valence electrons. The fourth-order valence-corrected chi connectivity index (χ4v) is 9.49. The van der Waals surface area contributed by atoms with Crippen molar-refractivity contribution in [2.45, 2.75) is 90.9 Å². The molecule has 0 N–H and O–H groups in total. The maximum absolute atomic E-state index is 7.00. The molecular formula is C62H59N4OPt-3. The third kappa shape index (κ3) is 8.56. The minimum atomic E-state index is -0.367. The number of anilines is 4. The number of para-hydroxylation sites is 2. The van der Waals surface area contributed by atoms with Crippen molar-refractivity contribution < 1.29 is 25.8 Å². The van der Waals surface area contributed by atoms with Crippen LogP contribution in [0.25, 0.3) is 27.6 Å². The van der Waals surface area contributed by atoms with Gasteiger partial charge in [-0.15, -0.1) is 53.6 Å². The van der Waals surface area contributed by atoms with E-state index in [1.165, 1.54) is 27.8 Å². The van der Waals surface area contributed by atoms with Crippen molar-refractivity contribution in [2.24, 2.45) is 0 Å². The van der Waals surface area contributed by atoms with Gasteiger partial charge in [0, 0.05) is 66.8 Å². The third-order valence-electron chi connectivity index (χ3n) is 13.9. The largest absolute Gasteiger partial charge is 0.509 e. The molecule has 0 aliphatic carbocycles. The predicted molar refractivity (Wildman–Crippen MR) is 279 cm³/mol. The molecular weight excluding hydrogens is 1010 g/mol. The van der Waals surface area contributed by atoms with Crippen molar-refractivity contribution in [3.63, 3.8) is 0 Å². The maximum atomic E-state index is 7.00. The van der Waals surface area contributed by atoms with E-state index >= 15 is 0 Å². The minimum absolute atomic E-state index is 0. The molecule has 0 amide bonds. The number of hydrogen-bond acceptors (Lipinski definition) is 4. The molecule has 2 aromatic heterocycles. The summed E-state index contributed by atoms with van der Waals surface area (Å²) < 4.78 is 9.24. The van der Waals surface area contributed by atoms with Gasteiger partial charge in [0.25, 0.3) is 0 Å². The molecule has 9 aromatic rings. The van der Waals surface area contributed by atoms with Gasteiger partial charge in [-0.3, -0.25) is 0 Å². The molecule has 0 bridgehead atoms. The van der Waals surface area contributed by atoms with Crippen LogP contribution in [0.2, 0.25) is 0 Å². The molecule has 0 saturated heterocycles. The van der Waals surface area contributed by atoms with Crippen LogP contribution in [0.5, 0.6) is 11.5 Å². The smallest absolute Gasteiger partial charge is 0.135 e. The first-order valence-corrected chi connectivity index (χ1v) is 23.4. The van der Waals surface area contributed by atoms with Gasteiger partial charge in [-0.2, -0.15) is 6.07 Å². The summed E-state index contributed by atoms with van der Waals surface area (Å²) in [5.41, 5.74) is 12.8. The van der Waals surface area contributed by atoms with Gasteiger partial charge in [-0.25, -0.2) is 4.98 Å². The zero-order valence-electron chi connectivity index (χ0n) is 40.8. The molecule has 68 heavy (non-hydrogen) atoms. The maximum Gasteiger partial charge on any atom is 0.135 e. The molecule has 0 atom stereocenters. The van der Waals surface area contributed by atoms with Crippen molar-refractivity contribution in [3.05, 3.63) is 222 Å². The van der Waals surface area contributed by atoms with E-state index in [0.29, 0.717) is 11.5 Å². The summed E-state index contributed by atoms with van der Waals surface area (Å²) in [5, 5.41) is 2.26. The van der Waals surface area contributed by atoms with Gasteiger partial charge in [0.1, 0.15) is 5.82 Å². The van der Waals surface area contributed by atoms with Crippen LogP contribution in [0, 0.1) is 18.8 Å². The normalized spacial score (nSPS) is 13.2. The van der Waals surface area contributed by atoms with Gasteiger partial charge in [0.05, 0.1) is 0 Å². The summed E-state index contributed by atoms with van der Waals surface area (Å²) in [6.45, 7) is 24.9. The molecule has 0 radical (unpaired) electrons. The number of fused-ring (bicyclic) bond motifs is 4. The Morgan fingerprint density at radius 2 is 1.07 bits per heavy atom. The summed E-state index contributed by atoms with van der Waals surface area (Å²) in [6.07, 6.45) is 1.92. The van der Waals surface area contributed by atoms with Crippen molar-refractivity contribution in [2.75, 3.05) is 9.80 Å². The zero-order valence-corrected chi connectivity index (χ0v) is 43.0. The Hall–Kier alpha value is -6.42. The quantitative estimate of drug-likeness (QED) is 0.135. The van der Waals surface area contributed by atoms with E-state index in [-0.39, 0.29) is 42.7 Å². The Morgan fingerprint density at radius 1 is 0.471 bits per heavy atom. The van der Waals surface area contributed by atoms with Crippen LogP contribution < -0.4 is 14.5 Å². The molecule has 3 heterocycles. The Kier molecular flexibility index (Phi) is 12.1. The Morgan fingerprint density at radius 3 is 1.74 bits per heavy atom. The Bertz CT molecular complexity index is 3280. The SMILES string of the molecule is CC(C)(C)c1ccnc(-n2c3[c-]c(Oc4[c-]c(N5[CH-]N(c6cccc(C(C)(C)c7ccccc7)c6)c6ccccc65)cc(C(C)(C)c5ccccc5)c4)ccc3c3cc(C(C)(C)C)ccc32)c1.[Pt]. The number of rotatable bonds is 9. The van der Waals surface area contributed by atoms with E-state index in [9.17, 15) is 0 Å². The number of hydrogen-bond donors (Lipinski definition) is 0. The van der Waals surface area contributed by atoms with Gasteiger partial charge in [0.2, 0.25) is 0 Å². The first kappa shape index (κ1) is 46.7. The monoisotopic (exact) mass is 1070 g/mol. The first-order valence-electron chi connectivity index (χ1n) is 23.4. The number of ether oxygens (including phenoxy) is 1. The molecule has 0 saturated carbocycles. The van der Waals surface area contributed by atoms with Gasteiger partial charge >= 0.3 is 0 Å². The van der Waals surface area contributed by atoms with E-state index in [0.717, 1.165) is 55.9 Å². The van der Waals surface area contributed by atoms with Gasteiger partial charge in [-0.05, 0) is 91.9 Å². The van der Waals surface area contributed by atoms with E-state index in [1.807, 2.05) is 12.3 Å². The number of nitrogens with zero attached hydrogens (tertiary/aromatic N) is 4. The third-order valence-corrected chi connectivity index (χ3v) is 13.9. The average Bonchev–Trinajstić information content (AvgIpc) is 3.87. The fourth-order valence-electron chi connectivity index (χ4n) is 9.49. The van der Waals surface area contributed by atoms with Crippen LogP contribution >= 0.6 is 0 Å². The van der Waals surface area contributed by atoms with E-state index in [1.54, 1.807) is 0 Å². The summed E-state index contributed by atoms with van der Waals surface area (Å²) in [4.78, 5) is 9.50. The molecule has 1 aliphatic heterocycles. The van der Waals surface area contributed by atoms with Crippen molar-refractivity contribution in [3.8, 4) is 17.3 Å². The van der Waals surface area contributed by atoms with E-state index in [4.69, 9.17) is 9.72 Å². The molecule has 0 unspecified atom stereocenters. The Balaban J connectivity index is 0.00000578. The molecule has 10 rings (SSSR count). The summed E-state index contributed by atoms with van der Waals surface area (Å²) in [5.74, 6) is 2.06. The van der Waals surface area contributed by atoms with Crippen molar-refractivity contribution >= 4 is 44.6 Å². The zero-order chi connectivity index (χ0) is 46.9. The summed E-state index contributed by atoms with van der Waals surface area (Å²) >= 11 is 0. The molecule has 0 fully saturated rings. The number of aromatic nitrogens is 2. The Labute approximate surface area is 417 Å². The summed E-state index contributed by atoms with van der Waals surface area (Å²) in [6, 6.07) is 66.2. The van der Waals surface area contributed by atoms with Gasteiger partial charge in [0.15, 0.2) is 0 Å². The molecule has 5 nitrogen and oxygen atoms in total. The molecule has 0 spiro atoms. The summed E-state index contributed by atoms with van der Waals surface area (Å²) in [7, 11) is 0. The second kappa shape index (κ2) is 17.6. The second-order valence-corrected chi connectivity index (χ2v) is 21.2. The number of pyridine rings is 1. The van der Waals surface area contributed by atoms with Crippen molar-refractivity contribution in [1.29, 1.82) is 0 Å². The molecule has 7 aromatic carbocycles. The van der Waals surface area contributed by atoms with Crippen LogP contribution in [0.3, 0.4) is 0 Å². The second-order valence-electron chi connectivity index (χ2n) is 21.2. The van der Waals surface area contributed by atoms with E-state index < -0.39 is 0 Å². The van der Waals surface area contributed by atoms with Crippen molar-refractivity contribution in [1.82, 2.24) is 9.55 Å². The standard InChI is InChI=1S/C62H59N4O.Pt/c1-59(2,3)44-28-31-54-53(37-44)52-30-29-50(40-57(52)66(54)58-38-45(32-33-63-58)60(4,5)6)67-51-36-47(62(9,10)43-22-15-12-16-23-43)35-49(39-51)65-41-64(55-26-17-18-27-56(55)65)48-25-19-24-46(34-48)61(7,8)42-20-13-11-14-21-42;/h11-38,41H,1-10H3;/q-3;. The van der Waals surface area contributed by atoms with Crippen LogP contribution in [-0.4, -0.2) is 9.55 Å². The first-order chi connectivity index (χ1) is 32.0.